The molecule has 1 amide bonds. The molecule has 2 saturated carbocycles. The van der Waals surface area contributed by atoms with Crippen LogP contribution in [0.3, 0.4) is 0 Å². The zero-order valence-corrected chi connectivity index (χ0v) is 19.4. The van der Waals surface area contributed by atoms with Crippen molar-refractivity contribution in [3.8, 4) is 0 Å². The lowest BCUT2D eigenvalue weighted by Crippen LogP contribution is -2.56. The van der Waals surface area contributed by atoms with Crippen molar-refractivity contribution in [2.24, 2.45) is 5.41 Å². The molecular weight excluding hydrogens is 426 g/mol. The van der Waals surface area contributed by atoms with Crippen LogP contribution >= 0.6 is 0 Å². The summed E-state index contributed by atoms with van der Waals surface area (Å²) in [7, 11) is -1.65. The second-order valence-electron chi connectivity index (χ2n) is 9.39. The van der Waals surface area contributed by atoms with Crippen molar-refractivity contribution in [2.45, 2.75) is 56.5 Å². The molecule has 2 aliphatic rings. The van der Waals surface area contributed by atoms with Crippen LogP contribution in [0.15, 0.2) is 46.0 Å². The van der Waals surface area contributed by atoms with E-state index in [0.29, 0.717) is 11.5 Å². The number of carbonyl (C=O) groups excluding carboxylic acids is 1. The van der Waals surface area contributed by atoms with Crippen LogP contribution < -0.4 is 0 Å². The van der Waals surface area contributed by atoms with Crippen LogP contribution in [-0.2, 0) is 9.84 Å². The lowest BCUT2D eigenvalue weighted by Gasteiger charge is -2.58. The number of carbonyl (C=O) groups is 1. The summed E-state index contributed by atoms with van der Waals surface area (Å²) >= 11 is 0. The molecule has 5 rings (SSSR count). The van der Waals surface area contributed by atoms with Crippen molar-refractivity contribution >= 4 is 26.8 Å². The number of nitrogens with zero attached hydrogens (tertiary/aromatic N) is 3. The number of rotatable bonds is 5. The van der Waals surface area contributed by atoms with E-state index in [9.17, 15) is 13.2 Å². The molecule has 1 aromatic carbocycles. The molecule has 0 unspecified atom stereocenters. The maximum Gasteiger partial charge on any atom is 0.253 e. The Morgan fingerprint density at radius 3 is 2.66 bits per heavy atom. The minimum absolute atomic E-state index is 0.0420. The summed E-state index contributed by atoms with van der Waals surface area (Å²) in [5.74, 6) is 0.960. The number of aryl methyl sites for hydroxylation is 1. The Labute approximate surface area is 187 Å². The average molecular weight is 454 g/mol. The van der Waals surface area contributed by atoms with E-state index in [2.05, 4.69) is 4.98 Å². The lowest BCUT2D eigenvalue weighted by molar-refractivity contribution is -0.0572. The van der Waals surface area contributed by atoms with Gasteiger partial charge >= 0.3 is 0 Å². The summed E-state index contributed by atoms with van der Waals surface area (Å²) in [4.78, 5) is 23.3. The normalized spacial score (nSPS) is 24.8. The molecule has 0 N–H and O–H groups in total. The zero-order chi connectivity index (χ0) is 22.7. The molecule has 0 saturated heterocycles. The monoisotopic (exact) mass is 453 g/mol. The van der Waals surface area contributed by atoms with Crippen molar-refractivity contribution in [3.63, 3.8) is 0 Å². The Morgan fingerprint density at radius 2 is 1.94 bits per heavy atom. The van der Waals surface area contributed by atoms with Crippen LogP contribution in [0.2, 0.25) is 0 Å². The first-order valence-corrected chi connectivity index (χ1v) is 12.7. The fourth-order valence-corrected chi connectivity index (χ4v) is 5.99. The highest BCUT2D eigenvalue weighted by molar-refractivity contribution is 7.91. The molecule has 0 atom stereocenters. The Kier molecular flexibility index (Phi) is 4.89. The topological polar surface area (TPSA) is 93.4 Å². The fourth-order valence-electron chi connectivity index (χ4n) is 5.17. The molecule has 1 spiro atoms. The lowest BCUT2D eigenvalue weighted by atomic mass is 9.49. The highest BCUT2D eigenvalue weighted by atomic mass is 32.2. The third-order valence-corrected chi connectivity index (χ3v) is 8.77. The number of fused-ring (bicyclic) bond motifs is 1. The first-order valence-electron chi connectivity index (χ1n) is 11.0. The Balaban J connectivity index is 1.21. The zero-order valence-electron chi connectivity index (χ0n) is 18.5. The number of oxazole rings is 1. The molecule has 0 radical (unpaired) electrons. The van der Waals surface area contributed by atoms with Gasteiger partial charge in [-0.2, -0.15) is 0 Å². The molecule has 2 aliphatic carbocycles. The number of benzene rings is 1. The standard InChI is InChI=1S/C24H27N3O4S/c1-4-32(29,30)21-10-16(7-8-25-21)23(28)27(3)18-13-24(14-18)11-17(12-24)22-26-19-9-15(2)5-6-20(19)31-22/h5-10,17-18H,4,11-14H2,1-3H3. The largest absolute Gasteiger partial charge is 0.440 e. The second kappa shape index (κ2) is 7.40. The average Bonchev–Trinajstić information content (AvgIpc) is 3.13. The van der Waals surface area contributed by atoms with E-state index in [-0.39, 0.29) is 28.1 Å². The van der Waals surface area contributed by atoms with Gasteiger partial charge in [0.25, 0.3) is 5.91 Å². The summed E-state index contributed by atoms with van der Waals surface area (Å²) in [6.07, 6.45) is 5.37. The summed E-state index contributed by atoms with van der Waals surface area (Å²) in [5.41, 5.74) is 3.55. The molecule has 3 aromatic rings. The van der Waals surface area contributed by atoms with E-state index in [1.54, 1.807) is 24.9 Å². The Morgan fingerprint density at radius 1 is 1.19 bits per heavy atom. The second-order valence-corrected chi connectivity index (χ2v) is 11.6. The van der Waals surface area contributed by atoms with Crippen molar-refractivity contribution in [1.29, 1.82) is 0 Å². The highest BCUT2D eigenvalue weighted by Gasteiger charge is 2.55. The van der Waals surface area contributed by atoms with Crippen LogP contribution in [0.25, 0.3) is 11.1 Å². The number of hydrogen-bond donors (Lipinski definition) is 0. The van der Waals surface area contributed by atoms with Gasteiger partial charge in [0.2, 0.25) is 0 Å². The van der Waals surface area contributed by atoms with E-state index in [4.69, 9.17) is 9.40 Å². The molecule has 168 valence electrons. The van der Waals surface area contributed by atoms with E-state index in [1.165, 1.54) is 17.8 Å². The SMILES string of the molecule is CCS(=O)(=O)c1cc(C(=O)N(C)C2CC3(CC(c4nc5cc(C)ccc5o4)C3)C2)ccn1. The van der Waals surface area contributed by atoms with Gasteiger partial charge in [0.1, 0.15) is 5.52 Å². The minimum atomic E-state index is -3.45. The summed E-state index contributed by atoms with van der Waals surface area (Å²) < 4.78 is 30.2. The summed E-state index contributed by atoms with van der Waals surface area (Å²) in [6.45, 7) is 3.62. The van der Waals surface area contributed by atoms with Crippen LogP contribution in [-0.4, -0.2) is 48.0 Å². The molecule has 0 aliphatic heterocycles. The van der Waals surface area contributed by atoms with E-state index in [1.807, 2.05) is 25.1 Å². The van der Waals surface area contributed by atoms with Gasteiger partial charge in [-0.15, -0.1) is 0 Å². The number of sulfone groups is 1. The van der Waals surface area contributed by atoms with Gasteiger partial charge in [0.15, 0.2) is 26.3 Å². The molecule has 2 aromatic heterocycles. The van der Waals surface area contributed by atoms with Gasteiger partial charge in [-0.05, 0) is 67.9 Å². The van der Waals surface area contributed by atoms with Crippen molar-refractivity contribution in [2.75, 3.05) is 12.8 Å². The first kappa shape index (κ1) is 21.1. The van der Waals surface area contributed by atoms with Crippen LogP contribution in [0.4, 0.5) is 0 Å². The maximum absolute atomic E-state index is 13.0. The molecule has 8 heteroatoms. The van der Waals surface area contributed by atoms with Crippen molar-refractivity contribution in [3.05, 3.63) is 53.5 Å². The number of hydrogen-bond acceptors (Lipinski definition) is 6. The predicted molar refractivity (Wildman–Crippen MR) is 120 cm³/mol. The van der Waals surface area contributed by atoms with Crippen molar-refractivity contribution in [1.82, 2.24) is 14.9 Å². The van der Waals surface area contributed by atoms with Gasteiger partial charge in [0.05, 0.1) is 5.75 Å². The Hall–Kier alpha value is -2.74. The van der Waals surface area contributed by atoms with Crippen LogP contribution in [0, 0.1) is 12.3 Å². The van der Waals surface area contributed by atoms with E-state index in [0.717, 1.165) is 42.7 Å². The molecule has 32 heavy (non-hydrogen) atoms. The predicted octanol–water partition coefficient (Wildman–Crippen LogP) is 4.12. The van der Waals surface area contributed by atoms with Gasteiger partial charge in [-0.25, -0.2) is 18.4 Å². The Bertz CT molecular complexity index is 1300. The van der Waals surface area contributed by atoms with Crippen LogP contribution in [0.1, 0.15) is 60.3 Å². The highest BCUT2D eigenvalue weighted by Crippen LogP contribution is 2.62. The third kappa shape index (κ3) is 3.50. The summed E-state index contributed by atoms with van der Waals surface area (Å²) in [6, 6.07) is 9.19. The molecule has 7 nitrogen and oxygen atoms in total. The third-order valence-electron chi connectivity index (χ3n) is 7.15. The quantitative estimate of drug-likeness (QED) is 0.577. The summed E-state index contributed by atoms with van der Waals surface area (Å²) in [5, 5.41) is -0.0420. The molecular formula is C24H27N3O4S. The van der Waals surface area contributed by atoms with Gasteiger partial charge in [-0.3, -0.25) is 4.79 Å². The molecule has 0 bridgehead atoms. The van der Waals surface area contributed by atoms with Gasteiger partial charge in [-0.1, -0.05) is 13.0 Å². The first-order chi connectivity index (χ1) is 15.2. The van der Waals surface area contributed by atoms with Gasteiger partial charge in [0, 0.05) is 30.8 Å². The van der Waals surface area contributed by atoms with E-state index >= 15 is 0 Å². The van der Waals surface area contributed by atoms with Crippen LogP contribution in [0.5, 0.6) is 0 Å². The molecule has 2 fully saturated rings. The maximum atomic E-state index is 13.0. The minimum Gasteiger partial charge on any atom is -0.440 e. The van der Waals surface area contributed by atoms with Gasteiger partial charge < -0.3 is 9.32 Å². The smallest absolute Gasteiger partial charge is 0.253 e. The fraction of sp³-hybridized carbons (Fsp3) is 0.458. The number of pyridine rings is 1. The number of aromatic nitrogens is 2. The van der Waals surface area contributed by atoms with E-state index < -0.39 is 9.84 Å². The number of amides is 1. The molecule has 2 heterocycles. The van der Waals surface area contributed by atoms with Crippen molar-refractivity contribution < 1.29 is 17.6 Å².